The van der Waals surface area contributed by atoms with Crippen LogP contribution >= 0.6 is 22.9 Å². The molecule has 3 aromatic rings. The molecule has 32 heavy (non-hydrogen) atoms. The Morgan fingerprint density at radius 2 is 1.97 bits per heavy atom. The van der Waals surface area contributed by atoms with Crippen LogP contribution in [0.2, 0.25) is 5.02 Å². The Hall–Kier alpha value is -2.81. The number of carbonyl (C=O) groups excluding carboxylic acids is 2. The highest BCUT2D eigenvalue weighted by molar-refractivity contribution is 7.11. The molecule has 0 spiro atoms. The standard InChI is InChI=1S/C23H22ClN5O2S/c24-20-4-5-25-14-19(20)16-2-1-3-17(12-16)29-15-18(13-21(29)30)27-7-9-28(10-8-27)23(31)22-26-6-11-32-22/h1-6,11-12,14,18H,7-10,13,15H2. The minimum atomic E-state index is -0.00495. The lowest BCUT2D eigenvalue weighted by molar-refractivity contribution is -0.117. The fourth-order valence-electron chi connectivity index (χ4n) is 4.37. The van der Waals surface area contributed by atoms with Crippen molar-refractivity contribution in [3.05, 3.63) is 64.3 Å². The number of carbonyl (C=O) groups is 2. The van der Waals surface area contributed by atoms with Gasteiger partial charge in [0.25, 0.3) is 5.91 Å². The van der Waals surface area contributed by atoms with Gasteiger partial charge in [0.15, 0.2) is 5.01 Å². The zero-order valence-corrected chi connectivity index (χ0v) is 18.9. The van der Waals surface area contributed by atoms with Crippen molar-refractivity contribution in [2.24, 2.45) is 0 Å². The van der Waals surface area contributed by atoms with Gasteiger partial charge in [-0.1, -0.05) is 23.7 Å². The Morgan fingerprint density at radius 3 is 2.72 bits per heavy atom. The SMILES string of the molecule is O=C(c1nccs1)N1CCN(C2CC(=O)N(c3cccc(-c4cnccc4Cl)c3)C2)CC1. The third kappa shape index (κ3) is 4.13. The van der Waals surface area contributed by atoms with Crippen LogP contribution in [0.3, 0.4) is 0 Å². The molecule has 1 atom stereocenters. The van der Waals surface area contributed by atoms with Crippen molar-refractivity contribution in [3.8, 4) is 11.1 Å². The first-order valence-electron chi connectivity index (χ1n) is 10.5. The molecule has 0 radical (unpaired) electrons. The zero-order valence-electron chi connectivity index (χ0n) is 17.4. The molecule has 0 N–H and O–H groups in total. The number of pyridine rings is 1. The lowest BCUT2D eigenvalue weighted by Crippen LogP contribution is -2.52. The molecule has 2 aliphatic rings. The smallest absolute Gasteiger partial charge is 0.282 e. The highest BCUT2D eigenvalue weighted by Gasteiger charge is 2.36. The van der Waals surface area contributed by atoms with E-state index in [0.717, 1.165) is 29.9 Å². The van der Waals surface area contributed by atoms with E-state index in [4.69, 9.17) is 11.6 Å². The minimum Gasteiger partial charge on any atom is -0.334 e. The number of hydrogen-bond donors (Lipinski definition) is 0. The van der Waals surface area contributed by atoms with E-state index in [1.165, 1.54) is 11.3 Å². The van der Waals surface area contributed by atoms with Crippen LogP contribution < -0.4 is 4.90 Å². The van der Waals surface area contributed by atoms with E-state index in [-0.39, 0.29) is 17.9 Å². The van der Waals surface area contributed by atoms with Crippen molar-refractivity contribution in [1.82, 2.24) is 19.8 Å². The summed E-state index contributed by atoms with van der Waals surface area (Å²) < 4.78 is 0. The molecule has 164 valence electrons. The lowest BCUT2D eigenvalue weighted by Gasteiger charge is -2.37. The van der Waals surface area contributed by atoms with Crippen molar-refractivity contribution in [2.75, 3.05) is 37.6 Å². The van der Waals surface area contributed by atoms with Gasteiger partial charge in [0.05, 0.1) is 5.02 Å². The second-order valence-electron chi connectivity index (χ2n) is 7.93. The van der Waals surface area contributed by atoms with Crippen LogP contribution in [0, 0.1) is 0 Å². The van der Waals surface area contributed by atoms with Gasteiger partial charge in [-0.05, 0) is 23.8 Å². The average molecular weight is 468 g/mol. The number of benzene rings is 1. The number of hydrogen-bond acceptors (Lipinski definition) is 6. The minimum absolute atomic E-state index is 0.00495. The summed E-state index contributed by atoms with van der Waals surface area (Å²) in [5.74, 6) is 0.111. The fourth-order valence-corrected chi connectivity index (χ4v) is 5.19. The molecule has 1 unspecified atom stereocenters. The van der Waals surface area contributed by atoms with Crippen LogP contribution in [0.4, 0.5) is 5.69 Å². The van der Waals surface area contributed by atoms with Crippen molar-refractivity contribution in [2.45, 2.75) is 12.5 Å². The molecule has 2 aromatic heterocycles. The predicted molar refractivity (Wildman–Crippen MR) is 125 cm³/mol. The summed E-state index contributed by atoms with van der Waals surface area (Å²) in [5.41, 5.74) is 2.65. The number of halogens is 1. The number of amides is 2. The third-order valence-corrected chi connectivity index (χ3v) is 7.17. The van der Waals surface area contributed by atoms with Gasteiger partial charge in [0, 0.05) is 80.4 Å². The number of aromatic nitrogens is 2. The molecule has 2 saturated heterocycles. The summed E-state index contributed by atoms with van der Waals surface area (Å²) in [6.45, 7) is 3.46. The van der Waals surface area contributed by atoms with Gasteiger partial charge in [-0.15, -0.1) is 11.3 Å². The molecule has 4 heterocycles. The van der Waals surface area contributed by atoms with E-state index in [1.807, 2.05) is 39.4 Å². The Balaban J connectivity index is 1.25. The molecule has 7 nitrogen and oxygen atoms in total. The second-order valence-corrected chi connectivity index (χ2v) is 9.24. The quantitative estimate of drug-likeness (QED) is 0.588. The maximum absolute atomic E-state index is 12.9. The zero-order chi connectivity index (χ0) is 22.1. The number of rotatable bonds is 4. The molecular weight excluding hydrogens is 446 g/mol. The molecule has 0 saturated carbocycles. The Kier molecular flexibility index (Phi) is 5.91. The summed E-state index contributed by atoms with van der Waals surface area (Å²) in [6.07, 6.45) is 5.54. The molecule has 5 rings (SSSR count). The van der Waals surface area contributed by atoms with E-state index in [9.17, 15) is 9.59 Å². The van der Waals surface area contributed by atoms with Gasteiger partial charge in [0.2, 0.25) is 5.91 Å². The van der Waals surface area contributed by atoms with Crippen molar-refractivity contribution in [3.63, 3.8) is 0 Å². The van der Waals surface area contributed by atoms with Gasteiger partial charge in [0.1, 0.15) is 0 Å². The summed E-state index contributed by atoms with van der Waals surface area (Å²) in [6, 6.07) is 9.78. The van der Waals surface area contributed by atoms with E-state index in [1.54, 1.807) is 24.7 Å². The number of thiazole rings is 1. The van der Waals surface area contributed by atoms with Crippen LogP contribution in [-0.2, 0) is 4.79 Å². The Bertz CT molecular complexity index is 1130. The normalized spacial score (nSPS) is 19.5. The van der Waals surface area contributed by atoms with Crippen molar-refractivity contribution >= 4 is 40.4 Å². The van der Waals surface area contributed by atoms with Crippen LogP contribution in [0.5, 0.6) is 0 Å². The fraction of sp³-hybridized carbons (Fsp3) is 0.304. The van der Waals surface area contributed by atoms with E-state index >= 15 is 0 Å². The first kappa shape index (κ1) is 21.1. The molecule has 0 bridgehead atoms. The third-order valence-electron chi connectivity index (χ3n) is 6.07. The lowest BCUT2D eigenvalue weighted by atomic mass is 10.1. The van der Waals surface area contributed by atoms with Gasteiger partial charge in [-0.2, -0.15) is 0 Å². The second kappa shape index (κ2) is 8.97. The van der Waals surface area contributed by atoms with Gasteiger partial charge < -0.3 is 9.80 Å². The highest BCUT2D eigenvalue weighted by Crippen LogP contribution is 2.32. The van der Waals surface area contributed by atoms with Gasteiger partial charge in [-0.3, -0.25) is 19.5 Å². The molecule has 2 aliphatic heterocycles. The summed E-state index contributed by atoms with van der Waals surface area (Å²) in [4.78, 5) is 39.7. The molecule has 1 aromatic carbocycles. The maximum atomic E-state index is 12.9. The topological polar surface area (TPSA) is 69.6 Å². The highest BCUT2D eigenvalue weighted by atomic mass is 35.5. The van der Waals surface area contributed by atoms with Gasteiger partial charge in [-0.25, -0.2) is 4.98 Å². The monoisotopic (exact) mass is 467 g/mol. The Morgan fingerprint density at radius 1 is 1.12 bits per heavy atom. The van der Waals surface area contributed by atoms with Crippen molar-refractivity contribution in [1.29, 1.82) is 0 Å². The van der Waals surface area contributed by atoms with E-state index in [2.05, 4.69) is 14.9 Å². The number of piperazine rings is 1. The molecular formula is C23H22ClN5O2S. The van der Waals surface area contributed by atoms with Crippen LogP contribution in [0.15, 0.2) is 54.3 Å². The van der Waals surface area contributed by atoms with Crippen LogP contribution in [0.1, 0.15) is 16.2 Å². The summed E-state index contributed by atoms with van der Waals surface area (Å²) in [5, 5.41) is 2.99. The summed E-state index contributed by atoms with van der Waals surface area (Å²) in [7, 11) is 0. The van der Waals surface area contributed by atoms with Crippen molar-refractivity contribution < 1.29 is 9.59 Å². The molecule has 9 heteroatoms. The Labute approximate surface area is 195 Å². The number of nitrogens with zero attached hydrogens (tertiary/aromatic N) is 5. The molecule has 0 aliphatic carbocycles. The predicted octanol–water partition coefficient (Wildman–Crippen LogP) is 3.42. The summed E-state index contributed by atoms with van der Waals surface area (Å²) >= 11 is 7.70. The molecule has 2 amide bonds. The number of anilines is 1. The largest absolute Gasteiger partial charge is 0.334 e. The first-order valence-corrected chi connectivity index (χ1v) is 11.8. The van der Waals surface area contributed by atoms with Crippen LogP contribution in [-0.4, -0.2) is 70.3 Å². The van der Waals surface area contributed by atoms with E-state index < -0.39 is 0 Å². The van der Waals surface area contributed by atoms with Gasteiger partial charge >= 0.3 is 0 Å². The average Bonchev–Trinajstić information content (AvgIpc) is 3.49. The van der Waals surface area contributed by atoms with E-state index in [0.29, 0.717) is 36.1 Å². The maximum Gasteiger partial charge on any atom is 0.282 e. The molecule has 2 fully saturated rings. The first-order chi connectivity index (χ1) is 15.6. The van der Waals surface area contributed by atoms with Crippen LogP contribution in [0.25, 0.3) is 11.1 Å².